The van der Waals surface area contributed by atoms with E-state index in [1.807, 2.05) is 32.0 Å². The Labute approximate surface area is 151 Å². The Morgan fingerprint density at radius 1 is 1.23 bits per heavy atom. The number of hydrogen-bond donors (Lipinski definition) is 1. The van der Waals surface area contributed by atoms with E-state index >= 15 is 0 Å². The predicted molar refractivity (Wildman–Crippen MR) is 100 cm³/mol. The van der Waals surface area contributed by atoms with Crippen molar-refractivity contribution in [3.05, 3.63) is 75.3 Å². The van der Waals surface area contributed by atoms with Crippen molar-refractivity contribution in [1.29, 1.82) is 0 Å². The number of nitro groups is 1. The first kappa shape index (κ1) is 18.9. The van der Waals surface area contributed by atoms with Gasteiger partial charge in [0, 0.05) is 12.3 Å². The lowest BCUT2D eigenvalue weighted by molar-refractivity contribution is -0.385. The summed E-state index contributed by atoms with van der Waals surface area (Å²) < 4.78 is 5.42. The van der Waals surface area contributed by atoms with Gasteiger partial charge in [-0.25, -0.2) is 5.43 Å². The van der Waals surface area contributed by atoms with E-state index in [2.05, 4.69) is 10.5 Å². The normalized spacial score (nSPS) is 11.0. The molecule has 134 valence electrons. The lowest BCUT2D eigenvalue weighted by Gasteiger charge is -2.07. The first-order valence-corrected chi connectivity index (χ1v) is 7.89. The Morgan fingerprint density at radius 3 is 2.62 bits per heavy atom. The van der Waals surface area contributed by atoms with Gasteiger partial charge in [0.25, 0.3) is 11.6 Å². The van der Waals surface area contributed by atoms with Gasteiger partial charge in [-0.15, -0.1) is 0 Å². The zero-order valence-electron chi connectivity index (χ0n) is 14.5. The largest absolute Gasteiger partial charge is 0.484 e. The van der Waals surface area contributed by atoms with Crippen LogP contribution < -0.4 is 10.2 Å². The Morgan fingerprint density at radius 2 is 1.92 bits per heavy atom. The van der Waals surface area contributed by atoms with E-state index in [1.165, 1.54) is 18.4 Å². The number of allylic oxidation sites excluding steroid dienone is 1. The molecule has 0 aromatic heterocycles. The summed E-state index contributed by atoms with van der Waals surface area (Å²) in [5, 5.41) is 14.6. The van der Waals surface area contributed by atoms with Crippen LogP contribution in [0, 0.1) is 24.0 Å². The third kappa shape index (κ3) is 5.86. The van der Waals surface area contributed by atoms with Crippen molar-refractivity contribution in [1.82, 2.24) is 5.43 Å². The number of carbonyl (C=O) groups is 1. The molecule has 0 bridgehead atoms. The molecule has 26 heavy (non-hydrogen) atoms. The molecule has 0 saturated carbocycles. The highest BCUT2D eigenvalue weighted by molar-refractivity contribution is 5.82. The van der Waals surface area contributed by atoms with E-state index < -0.39 is 10.8 Å². The van der Waals surface area contributed by atoms with Crippen molar-refractivity contribution < 1.29 is 14.5 Å². The maximum Gasteiger partial charge on any atom is 0.277 e. The minimum atomic E-state index is -0.455. The third-order valence-electron chi connectivity index (χ3n) is 3.32. The highest BCUT2D eigenvalue weighted by Gasteiger charge is 2.08. The van der Waals surface area contributed by atoms with Crippen LogP contribution in [-0.2, 0) is 4.79 Å². The van der Waals surface area contributed by atoms with Crippen molar-refractivity contribution in [2.45, 2.75) is 13.8 Å². The zero-order chi connectivity index (χ0) is 18.9. The Balaban J connectivity index is 1.83. The molecular weight excluding hydrogens is 334 g/mol. The topological polar surface area (TPSA) is 93.8 Å². The van der Waals surface area contributed by atoms with Gasteiger partial charge in [-0.1, -0.05) is 18.2 Å². The van der Waals surface area contributed by atoms with Gasteiger partial charge in [0.15, 0.2) is 6.61 Å². The van der Waals surface area contributed by atoms with Crippen molar-refractivity contribution in [3.8, 4) is 5.75 Å². The lowest BCUT2D eigenvalue weighted by Crippen LogP contribution is -2.24. The van der Waals surface area contributed by atoms with Gasteiger partial charge in [-0.3, -0.25) is 14.9 Å². The number of aryl methyl sites for hydroxylation is 2. The molecule has 7 heteroatoms. The number of rotatable bonds is 7. The van der Waals surface area contributed by atoms with Gasteiger partial charge in [0.1, 0.15) is 5.75 Å². The van der Waals surface area contributed by atoms with Crippen molar-refractivity contribution in [2.75, 3.05) is 6.61 Å². The fourth-order valence-corrected chi connectivity index (χ4v) is 2.29. The number of para-hydroxylation sites is 1. The molecule has 1 N–H and O–H groups in total. The summed E-state index contributed by atoms with van der Waals surface area (Å²) in [4.78, 5) is 22.1. The van der Waals surface area contributed by atoms with Gasteiger partial charge >= 0.3 is 0 Å². The summed E-state index contributed by atoms with van der Waals surface area (Å²) in [7, 11) is 0. The summed E-state index contributed by atoms with van der Waals surface area (Å²) in [5.74, 6) is 0.220. The highest BCUT2D eigenvalue weighted by atomic mass is 16.6. The average molecular weight is 353 g/mol. The standard InChI is InChI=1S/C19H19N3O4/c1-14-10-15(2)12-17(11-14)26-13-19(23)21-20-9-5-7-16-6-3-4-8-18(16)22(24)25/h3-12H,13H2,1-2H3,(H,21,23)/b7-5+,20-9+. The van der Waals surface area contributed by atoms with E-state index in [-0.39, 0.29) is 12.3 Å². The minimum absolute atomic E-state index is 0.00281. The van der Waals surface area contributed by atoms with E-state index in [9.17, 15) is 14.9 Å². The first-order chi connectivity index (χ1) is 12.5. The van der Waals surface area contributed by atoms with Crippen molar-refractivity contribution in [2.24, 2.45) is 5.10 Å². The molecule has 0 aliphatic heterocycles. The summed E-state index contributed by atoms with van der Waals surface area (Å²) in [6, 6.07) is 12.1. The molecule has 2 aromatic rings. The molecular formula is C19H19N3O4. The van der Waals surface area contributed by atoms with Crippen LogP contribution in [0.4, 0.5) is 5.69 Å². The second kappa shape index (κ2) is 9.12. The maximum atomic E-state index is 11.7. The SMILES string of the molecule is Cc1cc(C)cc(OCC(=O)N/N=C/C=C/c2ccccc2[N+](=O)[O-])c1. The second-order valence-electron chi connectivity index (χ2n) is 5.60. The van der Waals surface area contributed by atoms with Gasteiger partial charge in [0.2, 0.25) is 0 Å². The van der Waals surface area contributed by atoms with Gasteiger partial charge < -0.3 is 4.74 Å². The highest BCUT2D eigenvalue weighted by Crippen LogP contribution is 2.18. The lowest BCUT2D eigenvalue weighted by atomic mass is 10.1. The summed E-state index contributed by atoms with van der Waals surface area (Å²) in [6.45, 7) is 3.75. The third-order valence-corrected chi connectivity index (χ3v) is 3.32. The Hall–Kier alpha value is -3.48. The molecule has 0 fully saturated rings. The van der Waals surface area contributed by atoms with Gasteiger partial charge in [0.05, 0.1) is 10.5 Å². The number of nitrogens with zero attached hydrogens (tertiary/aromatic N) is 2. The van der Waals surface area contributed by atoms with Crippen LogP contribution >= 0.6 is 0 Å². The quantitative estimate of drug-likeness (QED) is 0.469. The summed E-state index contributed by atoms with van der Waals surface area (Å²) >= 11 is 0. The molecule has 0 heterocycles. The van der Waals surface area contributed by atoms with Crippen LogP contribution in [0.25, 0.3) is 6.08 Å². The molecule has 2 aromatic carbocycles. The fourth-order valence-electron chi connectivity index (χ4n) is 2.29. The number of carbonyl (C=O) groups excluding carboxylic acids is 1. The number of nitrogens with one attached hydrogen (secondary N) is 1. The van der Waals surface area contributed by atoms with Crippen molar-refractivity contribution in [3.63, 3.8) is 0 Å². The number of ether oxygens (including phenoxy) is 1. The molecule has 2 rings (SSSR count). The van der Waals surface area contributed by atoms with Crippen molar-refractivity contribution >= 4 is 23.9 Å². The van der Waals surface area contributed by atoms with Crippen LogP contribution in [0.5, 0.6) is 5.75 Å². The molecule has 7 nitrogen and oxygen atoms in total. The van der Waals surface area contributed by atoms with E-state index in [4.69, 9.17) is 4.74 Å². The van der Waals surface area contributed by atoms with E-state index in [0.717, 1.165) is 11.1 Å². The molecule has 1 amide bonds. The Bertz CT molecular complexity index is 839. The molecule has 0 radical (unpaired) electrons. The van der Waals surface area contributed by atoms with Crippen LogP contribution in [-0.4, -0.2) is 23.7 Å². The van der Waals surface area contributed by atoms with Gasteiger partial charge in [-0.2, -0.15) is 5.10 Å². The number of hydrazone groups is 1. The maximum absolute atomic E-state index is 11.7. The molecule has 0 aliphatic rings. The molecule has 0 aliphatic carbocycles. The van der Waals surface area contributed by atoms with E-state index in [1.54, 1.807) is 24.3 Å². The molecule has 0 atom stereocenters. The Kier molecular flexibility index (Phi) is 6.61. The monoisotopic (exact) mass is 353 g/mol. The van der Waals surface area contributed by atoms with Crippen LogP contribution in [0.3, 0.4) is 0 Å². The minimum Gasteiger partial charge on any atom is -0.484 e. The summed E-state index contributed by atoms with van der Waals surface area (Å²) in [5.41, 5.74) is 4.89. The number of amides is 1. The molecule has 0 saturated heterocycles. The predicted octanol–water partition coefficient (Wildman–Crippen LogP) is 3.41. The fraction of sp³-hybridized carbons (Fsp3) is 0.158. The smallest absolute Gasteiger partial charge is 0.277 e. The number of benzene rings is 2. The average Bonchev–Trinajstić information content (AvgIpc) is 2.59. The number of nitro benzene ring substituents is 1. The number of hydrogen-bond acceptors (Lipinski definition) is 5. The van der Waals surface area contributed by atoms with Gasteiger partial charge in [-0.05, 0) is 55.3 Å². The summed E-state index contributed by atoms with van der Waals surface area (Å²) in [6.07, 6.45) is 4.39. The zero-order valence-corrected chi connectivity index (χ0v) is 14.5. The molecule has 0 spiro atoms. The first-order valence-electron chi connectivity index (χ1n) is 7.89. The molecule has 0 unspecified atom stereocenters. The second-order valence-corrected chi connectivity index (χ2v) is 5.60. The van der Waals surface area contributed by atoms with E-state index in [0.29, 0.717) is 11.3 Å². The van der Waals surface area contributed by atoms with Crippen LogP contribution in [0.2, 0.25) is 0 Å². The van der Waals surface area contributed by atoms with Crippen LogP contribution in [0.1, 0.15) is 16.7 Å². The van der Waals surface area contributed by atoms with Crippen LogP contribution in [0.15, 0.2) is 53.6 Å².